The first-order valence-corrected chi connectivity index (χ1v) is 14.7. The quantitative estimate of drug-likeness (QED) is 0.179. The van der Waals surface area contributed by atoms with Crippen LogP contribution in [0.3, 0.4) is 0 Å². The van der Waals surface area contributed by atoms with Crippen molar-refractivity contribution in [3.63, 3.8) is 0 Å². The summed E-state index contributed by atoms with van der Waals surface area (Å²) in [7, 11) is 1.70. The number of aryl methyl sites for hydroxylation is 2. The Morgan fingerprint density at radius 1 is 1.07 bits per heavy atom. The van der Waals surface area contributed by atoms with Gasteiger partial charge in [0, 0.05) is 56.1 Å². The van der Waals surface area contributed by atoms with Gasteiger partial charge in [0.2, 0.25) is 11.8 Å². The number of hydrogen-bond donors (Lipinski definition) is 1. The van der Waals surface area contributed by atoms with E-state index >= 15 is 0 Å². The monoisotopic (exact) mass is 649 g/mol. The van der Waals surface area contributed by atoms with E-state index in [9.17, 15) is 14.4 Å². The number of furan rings is 1. The summed E-state index contributed by atoms with van der Waals surface area (Å²) in [5, 5.41) is 7.24. The Bertz CT molecular complexity index is 1630. The molecule has 0 bridgehead atoms. The van der Waals surface area contributed by atoms with Crippen molar-refractivity contribution < 1.29 is 18.7 Å². The van der Waals surface area contributed by atoms with Crippen LogP contribution in [-0.2, 0) is 29.1 Å². The molecule has 232 valence electrons. The van der Waals surface area contributed by atoms with Crippen molar-refractivity contribution in [2.24, 2.45) is 5.41 Å². The number of anilines is 2. The van der Waals surface area contributed by atoms with Gasteiger partial charge >= 0.3 is 0 Å². The highest BCUT2D eigenvalue weighted by Gasteiger charge is 2.45. The molecule has 0 aliphatic carbocycles. The average molecular weight is 651 g/mol. The topological polar surface area (TPSA) is 110 Å². The number of carbonyl (C=O) groups excluding carboxylic acids is 2. The molecule has 0 spiro atoms. The van der Waals surface area contributed by atoms with Crippen molar-refractivity contribution in [3.05, 3.63) is 69.2 Å². The largest absolute Gasteiger partial charge is 0.493 e. The smallest absolute Gasteiger partial charge is 0.294 e. The summed E-state index contributed by atoms with van der Waals surface area (Å²) in [5.74, 6) is 0.210. The van der Waals surface area contributed by atoms with Crippen molar-refractivity contribution in [2.45, 2.75) is 46.7 Å². The number of fused-ring (bicyclic) bond motifs is 2. The lowest BCUT2D eigenvalue weighted by atomic mass is 9.90. The highest BCUT2D eigenvalue weighted by atomic mass is 35.5. The van der Waals surface area contributed by atoms with Crippen LogP contribution in [0.5, 0.6) is 5.75 Å². The Kier molecular flexibility index (Phi) is 11.4. The summed E-state index contributed by atoms with van der Waals surface area (Å²) in [6.45, 7) is 8.18. The Labute approximate surface area is 266 Å². The second-order valence-corrected chi connectivity index (χ2v) is 11.5. The van der Waals surface area contributed by atoms with Gasteiger partial charge in [-0.25, -0.2) is 4.98 Å². The van der Waals surface area contributed by atoms with Gasteiger partial charge in [-0.05, 0) is 58.0 Å². The number of amides is 2. The molecule has 2 amide bonds. The zero-order valence-electron chi connectivity index (χ0n) is 24.6. The molecule has 4 aromatic rings. The Hall–Kier alpha value is -3.38. The molecule has 13 heteroatoms. The summed E-state index contributed by atoms with van der Waals surface area (Å²) in [5.41, 5.74) is 1.45. The normalized spacial score (nSPS) is 14.2. The van der Waals surface area contributed by atoms with Gasteiger partial charge in [0.15, 0.2) is 5.58 Å². The van der Waals surface area contributed by atoms with Gasteiger partial charge < -0.3 is 28.8 Å². The van der Waals surface area contributed by atoms with E-state index in [1.165, 1.54) is 6.26 Å². The third-order valence-corrected chi connectivity index (χ3v) is 8.27. The van der Waals surface area contributed by atoms with E-state index in [1.807, 2.05) is 36.6 Å². The highest BCUT2D eigenvalue weighted by Crippen LogP contribution is 2.40. The van der Waals surface area contributed by atoms with Crippen molar-refractivity contribution in [1.29, 1.82) is 0 Å². The minimum absolute atomic E-state index is 0. The third kappa shape index (κ3) is 7.06. The van der Waals surface area contributed by atoms with Gasteiger partial charge in [-0.15, -0.1) is 36.2 Å². The number of rotatable bonds is 11. The van der Waals surface area contributed by atoms with E-state index < -0.39 is 5.41 Å². The van der Waals surface area contributed by atoms with Crippen LogP contribution in [0.1, 0.15) is 37.9 Å². The predicted octanol–water partition coefficient (Wildman–Crippen LogP) is 5.05. The molecule has 1 N–H and O–H groups in total. The fraction of sp³-hybridized carbons (Fsp3) is 0.400. The van der Waals surface area contributed by atoms with E-state index in [0.717, 1.165) is 29.1 Å². The summed E-state index contributed by atoms with van der Waals surface area (Å²) in [6.07, 6.45) is 4.78. The van der Waals surface area contributed by atoms with Crippen LogP contribution < -0.4 is 25.4 Å². The maximum absolute atomic E-state index is 13.0. The maximum atomic E-state index is 13.0. The molecule has 0 saturated carbocycles. The number of nitrogens with zero attached hydrogens (tertiary/aromatic N) is 4. The summed E-state index contributed by atoms with van der Waals surface area (Å²) in [6, 6.07) is 9.19. The van der Waals surface area contributed by atoms with E-state index in [0.29, 0.717) is 55.4 Å². The van der Waals surface area contributed by atoms with E-state index in [-0.39, 0.29) is 42.2 Å². The Morgan fingerprint density at radius 2 is 1.86 bits per heavy atom. The number of ether oxygens (including phenoxy) is 1. The zero-order valence-corrected chi connectivity index (χ0v) is 27.1. The number of hydrogen-bond acceptors (Lipinski definition) is 8. The van der Waals surface area contributed by atoms with Gasteiger partial charge in [-0.2, -0.15) is 0 Å². The van der Waals surface area contributed by atoms with Crippen molar-refractivity contribution in [1.82, 2.24) is 14.9 Å². The molecule has 10 nitrogen and oxygen atoms in total. The lowest BCUT2D eigenvalue weighted by Crippen LogP contribution is -2.47. The second-order valence-electron chi connectivity index (χ2n) is 10.6. The third-order valence-electron chi connectivity index (χ3n) is 7.37. The van der Waals surface area contributed by atoms with Crippen LogP contribution in [0.15, 0.2) is 57.4 Å². The van der Waals surface area contributed by atoms with Gasteiger partial charge in [-0.3, -0.25) is 14.4 Å². The molecule has 1 aliphatic rings. The molecular weight excluding hydrogens is 613 g/mol. The lowest BCUT2D eigenvalue weighted by Gasteiger charge is -2.27. The standard InChI is InChI=1S/C30H35N5O5S.2ClH/c1-5-35-23-8-7-22(17-24(23)33(4)28(37)30(2,3)29(35)38)39-15-6-12-31-18-25-32-21(19-41-25)10-14-34-13-9-20-11-16-40-26(20)27(34)36;;/h7-9,11,13,16-17,19,31H,5-6,10,12,14-15,18H2,1-4H3;2*1H. The fourth-order valence-electron chi connectivity index (χ4n) is 5.00. The van der Waals surface area contributed by atoms with Crippen LogP contribution in [0.2, 0.25) is 0 Å². The van der Waals surface area contributed by atoms with Gasteiger partial charge in [0.1, 0.15) is 16.2 Å². The molecule has 1 aromatic carbocycles. The first-order chi connectivity index (χ1) is 19.7. The highest BCUT2D eigenvalue weighted by molar-refractivity contribution is 7.09. The lowest BCUT2D eigenvalue weighted by molar-refractivity contribution is -0.137. The minimum Gasteiger partial charge on any atom is -0.493 e. The Morgan fingerprint density at radius 3 is 2.63 bits per heavy atom. The van der Waals surface area contributed by atoms with Crippen LogP contribution in [0, 0.1) is 5.41 Å². The Balaban J connectivity index is 0.00000253. The van der Waals surface area contributed by atoms with E-state index in [2.05, 4.69) is 10.3 Å². The number of aromatic nitrogens is 2. The summed E-state index contributed by atoms with van der Waals surface area (Å²) < 4.78 is 12.9. The van der Waals surface area contributed by atoms with Crippen molar-refractivity contribution in [3.8, 4) is 5.75 Å². The number of nitrogens with one attached hydrogen (secondary N) is 1. The first-order valence-electron chi connectivity index (χ1n) is 13.8. The molecule has 0 atom stereocenters. The molecule has 5 rings (SSSR count). The zero-order chi connectivity index (χ0) is 29.1. The fourth-order valence-corrected chi connectivity index (χ4v) is 5.80. The van der Waals surface area contributed by atoms with E-state index in [1.54, 1.807) is 58.9 Å². The van der Waals surface area contributed by atoms with Crippen LogP contribution in [0.25, 0.3) is 11.0 Å². The summed E-state index contributed by atoms with van der Waals surface area (Å²) >= 11 is 1.60. The van der Waals surface area contributed by atoms with Gasteiger partial charge in [-0.1, -0.05) is 0 Å². The SMILES string of the molecule is CCN1C(=O)C(C)(C)C(=O)N(C)c2cc(OCCCNCc3nc(CCn4ccc5ccoc5c4=O)cs3)ccc21.Cl.Cl. The number of carbonyl (C=O) groups is 2. The number of pyridine rings is 1. The van der Waals surface area contributed by atoms with Crippen molar-refractivity contribution >= 4 is 70.3 Å². The van der Waals surface area contributed by atoms with Crippen LogP contribution >= 0.6 is 36.2 Å². The molecule has 4 heterocycles. The van der Waals surface area contributed by atoms with Gasteiger partial charge in [0.05, 0.1) is 29.9 Å². The van der Waals surface area contributed by atoms with E-state index in [4.69, 9.17) is 9.15 Å². The average Bonchev–Trinajstić information content (AvgIpc) is 3.63. The van der Waals surface area contributed by atoms with Crippen LogP contribution in [0.4, 0.5) is 11.4 Å². The maximum Gasteiger partial charge on any atom is 0.294 e. The second kappa shape index (κ2) is 14.4. The molecule has 3 aromatic heterocycles. The number of benzene rings is 1. The molecule has 43 heavy (non-hydrogen) atoms. The molecular formula is C30H37Cl2N5O5S. The molecule has 0 fully saturated rings. The summed E-state index contributed by atoms with van der Waals surface area (Å²) in [4.78, 5) is 46.5. The predicted molar refractivity (Wildman–Crippen MR) is 174 cm³/mol. The molecule has 0 unspecified atom stereocenters. The van der Waals surface area contributed by atoms with Crippen molar-refractivity contribution in [2.75, 3.05) is 36.5 Å². The first kappa shape index (κ1) is 34.1. The van der Waals surface area contributed by atoms with Gasteiger partial charge in [0.25, 0.3) is 5.56 Å². The number of thiazole rings is 1. The molecule has 0 saturated heterocycles. The number of halogens is 2. The van der Waals surface area contributed by atoms with Crippen LogP contribution in [-0.4, -0.2) is 48.1 Å². The molecule has 0 radical (unpaired) electrons. The minimum atomic E-state index is -1.14. The molecule has 1 aliphatic heterocycles.